The molecule has 1 nitrogen and oxygen atoms in total. The minimum Gasteiger partial charge on any atom is -0.456 e. The third kappa shape index (κ3) is 4.26. The molecule has 0 amide bonds. The molecule has 0 radical (unpaired) electrons. The van der Waals surface area contributed by atoms with E-state index in [9.17, 15) is 0 Å². The molecule has 1 aliphatic carbocycles. The van der Waals surface area contributed by atoms with Gasteiger partial charge in [-0.25, -0.2) is 0 Å². The van der Waals surface area contributed by atoms with Crippen LogP contribution in [0.2, 0.25) is 0 Å². The summed E-state index contributed by atoms with van der Waals surface area (Å²) < 4.78 is 7.05. The van der Waals surface area contributed by atoms with Crippen LogP contribution in [0.15, 0.2) is 186 Å². The van der Waals surface area contributed by atoms with Crippen LogP contribution in [0, 0.1) is 0 Å². The van der Waals surface area contributed by atoms with Crippen molar-refractivity contribution in [2.45, 2.75) is 19.3 Å². The third-order valence-electron chi connectivity index (χ3n) is 12.6. The van der Waals surface area contributed by atoms with Crippen LogP contribution in [0.4, 0.5) is 0 Å². The molecule has 11 aromatic rings. The Bertz CT molecular complexity index is 3390. The van der Waals surface area contributed by atoms with Crippen molar-refractivity contribution in [2.75, 3.05) is 0 Å². The van der Waals surface area contributed by atoms with Gasteiger partial charge in [-0.2, -0.15) is 0 Å². The van der Waals surface area contributed by atoms with Crippen molar-refractivity contribution in [1.29, 1.82) is 0 Å². The Morgan fingerprint density at radius 1 is 0.375 bits per heavy atom. The first-order valence-corrected chi connectivity index (χ1v) is 19.6. The average Bonchev–Trinajstić information content (AvgIpc) is 3.74. The lowest BCUT2D eigenvalue weighted by Crippen LogP contribution is -2.15. The molecule has 1 heterocycles. The summed E-state index contributed by atoms with van der Waals surface area (Å²) >= 11 is 0. The maximum atomic E-state index is 7.05. The molecular weight excluding hydrogens is 677 g/mol. The molecule has 0 atom stereocenters. The molecule has 1 aromatic heterocycles. The van der Waals surface area contributed by atoms with Gasteiger partial charge in [-0.1, -0.05) is 178 Å². The zero-order chi connectivity index (χ0) is 37.1. The van der Waals surface area contributed by atoms with Crippen LogP contribution in [0.3, 0.4) is 0 Å². The summed E-state index contributed by atoms with van der Waals surface area (Å²) in [6, 6.07) is 67.0. The Hall–Kier alpha value is -6.96. The molecule has 56 heavy (non-hydrogen) atoms. The van der Waals surface area contributed by atoms with Crippen molar-refractivity contribution >= 4 is 65.0 Å². The molecule has 0 bridgehead atoms. The molecule has 0 fully saturated rings. The van der Waals surface area contributed by atoms with Crippen LogP contribution in [0.5, 0.6) is 0 Å². The highest BCUT2D eigenvalue weighted by molar-refractivity contribution is 6.25. The van der Waals surface area contributed by atoms with Crippen molar-refractivity contribution in [3.05, 3.63) is 193 Å². The normalized spacial score (nSPS) is 13.3. The smallest absolute Gasteiger partial charge is 0.140 e. The number of furan rings is 1. The maximum Gasteiger partial charge on any atom is 0.140 e. The van der Waals surface area contributed by atoms with E-state index in [1.54, 1.807) is 0 Å². The van der Waals surface area contributed by atoms with Gasteiger partial charge < -0.3 is 4.42 Å². The first-order chi connectivity index (χ1) is 27.6. The van der Waals surface area contributed by atoms with Gasteiger partial charge in [-0.3, -0.25) is 0 Å². The minimum absolute atomic E-state index is 0.166. The Morgan fingerprint density at radius 2 is 0.946 bits per heavy atom. The van der Waals surface area contributed by atoms with Gasteiger partial charge in [0.05, 0.1) is 0 Å². The van der Waals surface area contributed by atoms with Gasteiger partial charge in [0.15, 0.2) is 0 Å². The number of rotatable bonds is 3. The summed E-state index contributed by atoms with van der Waals surface area (Å²) in [7, 11) is 0. The molecule has 0 N–H and O–H groups in total. The zero-order valence-electron chi connectivity index (χ0n) is 31.2. The van der Waals surface area contributed by atoms with Crippen LogP contribution < -0.4 is 0 Å². The molecule has 0 saturated carbocycles. The molecule has 0 aliphatic heterocycles. The average molecular weight is 713 g/mol. The lowest BCUT2D eigenvalue weighted by atomic mass is 9.81. The molecule has 262 valence electrons. The fourth-order valence-corrected chi connectivity index (χ4v) is 10.2. The summed E-state index contributed by atoms with van der Waals surface area (Å²) in [5, 5.41) is 12.3. The fraction of sp³-hybridized carbons (Fsp3) is 0.0545. The molecule has 10 aromatic carbocycles. The summed E-state index contributed by atoms with van der Waals surface area (Å²) in [6.45, 7) is 4.67. The van der Waals surface area contributed by atoms with Gasteiger partial charge in [-0.05, 0) is 111 Å². The number of fused-ring (bicyclic) bond motifs is 12. The van der Waals surface area contributed by atoms with Crippen molar-refractivity contribution in [3.63, 3.8) is 0 Å². The minimum atomic E-state index is -0.166. The van der Waals surface area contributed by atoms with E-state index in [1.165, 1.54) is 109 Å². The summed E-state index contributed by atoms with van der Waals surface area (Å²) in [4.78, 5) is 0. The standard InChI is InChI=1S/C55H36O/c1-55(2)48-28-12-11-21-38(48)45-29-30-46-52-40-22-6-5-20-37(40)47(32-49(52)56-54(46)53(45)55)34-17-13-18-35(31-34)50-41-23-7-9-25-43(41)51(44-26-10-8-24-42(44)50)39-27-14-16-33-15-3-4-19-36(33)39/h3-32H,1-2H3. The number of hydrogen-bond donors (Lipinski definition) is 0. The van der Waals surface area contributed by atoms with Crippen LogP contribution >= 0.6 is 0 Å². The summed E-state index contributed by atoms with van der Waals surface area (Å²) in [5.41, 5.74) is 14.3. The SMILES string of the molecule is CC1(C)c2ccccc2-c2ccc3c(oc4cc(-c5cccc(-c6c7ccccc7c(-c7cccc8ccccc78)c7ccccc67)c5)c5ccccc5c43)c21. The lowest BCUT2D eigenvalue weighted by molar-refractivity contribution is 0.620. The first-order valence-electron chi connectivity index (χ1n) is 19.6. The second-order valence-corrected chi connectivity index (χ2v) is 15.9. The fourth-order valence-electron chi connectivity index (χ4n) is 10.2. The predicted octanol–water partition coefficient (Wildman–Crippen LogP) is 15.5. The van der Waals surface area contributed by atoms with E-state index in [-0.39, 0.29) is 5.41 Å². The Balaban J connectivity index is 1.10. The van der Waals surface area contributed by atoms with Gasteiger partial charge in [0.25, 0.3) is 0 Å². The predicted molar refractivity (Wildman–Crippen MR) is 238 cm³/mol. The van der Waals surface area contributed by atoms with Crippen LogP contribution in [-0.2, 0) is 5.41 Å². The largest absolute Gasteiger partial charge is 0.456 e. The highest BCUT2D eigenvalue weighted by Crippen LogP contribution is 2.53. The number of benzene rings is 10. The molecule has 0 saturated heterocycles. The summed E-state index contributed by atoms with van der Waals surface area (Å²) in [5.74, 6) is 0. The van der Waals surface area contributed by atoms with E-state index < -0.39 is 0 Å². The molecular formula is C55H36O. The van der Waals surface area contributed by atoms with E-state index in [4.69, 9.17) is 4.42 Å². The Morgan fingerprint density at radius 3 is 1.71 bits per heavy atom. The van der Waals surface area contributed by atoms with Gasteiger partial charge in [0.2, 0.25) is 0 Å². The van der Waals surface area contributed by atoms with Crippen molar-refractivity contribution in [3.8, 4) is 44.5 Å². The second kappa shape index (κ2) is 11.5. The molecule has 1 aliphatic rings. The first kappa shape index (κ1) is 31.4. The van der Waals surface area contributed by atoms with E-state index in [2.05, 4.69) is 196 Å². The Kier molecular flexibility index (Phi) is 6.46. The second-order valence-electron chi connectivity index (χ2n) is 15.9. The molecule has 0 spiro atoms. The van der Waals surface area contributed by atoms with E-state index in [0.29, 0.717) is 0 Å². The topological polar surface area (TPSA) is 13.1 Å². The highest BCUT2D eigenvalue weighted by Gasteiger charge is 2.38. The lowest BCUT2D eigenvalue weighted by Gasteiger charge is -2.21. The maximum absolute atomic E-state index is 7.05. The molecule has 1 heteroatoms. The number of hydrogen-bond acceptors (Lipinski definition) is 1. The van der Waals surface area contributed by atoms with Gasteiger partial charge in [0, 0.05) is 21.8 Å². The Labute approximate surface area is 325 Å². The van der Waals surface area contributed by atoms with Gasteiger partial charge in [-0.15, -0.1) is 0 Å². The molecule has 12 rings (SSSR count). The monoisotopic (exact) mass is 712 g/mol. The van der Waals surface area contributed by atoms with E-state index in [0.717, 1.165) is 11.2 Å². The molecule has 0 unspecified atom stereocenters. The van der Waals surface area contributed by atoms with Crippen molar-refractivity contribution in [2.24, 2.45) is 0 Å². The quantitative estimate of drug-likeness (QED) is 0.166. The van der Waals surface area contributed by atoms with Gasteiger partial charge in [0.1, 0.15) is 11.2 Å². The highest BCUT2D eigenvalue weighted by atomic mass is 16.3. The van der Waals surface area contributed by atoms with Crippen LogP contribution in [-0.4, -0.2) is 0 Å². The third-order valence-corrected chi connectivity index (χ3v) is 12.6. The van der Waals surface area contributed by atoms with Crippen molar-refractivity contribution in [1.82, 2.24) is 0 Å². The van der Waals surface area contributed by atoms with Crippen molar-refractivity contribution < 1.29 is 4.42 Å². The summed E-state index contributed by atoms with van der Waals surface area (Å²) in [6.07, 6.45) is 0. The van der Waals surface area contributed by atoms with Crippen LogP contribution in [0.25, 0.3) is 110 Å². The van der Waals surface area contributed by atoms with Gasteiger partial charge >= 0.3 is 0 Å². The van der Waals surface area contributed by atoms with E-state index >= 15 is 0 Å². The van der Waals surface area contributed by atoms with E-state index in [1.807, 2.05) is 0 Å². The zero-order valence-corrected chi connectivity index (χ0v) is 31.2. The van der Waals surface area contributed by atoms with Crippen LogP contribution in [0.1, 0.15) is 25.0 Å².